The van der Waals surface area contributed by atoms with Crippen LogP contribution < -0.4 is 9.47 Å². The minimum absolute atomic E-state index is 0.123. The molecule has 0 fully saturated rings. The monoisotopic (exact) mass is 435 g/mol. The van der Waals surface area contributed by atoms with Gasteiger partial charge in [-0.25, -0.2) is 4.79 Å². The molecule has 8 nitrogen and oxygen atoms in total. The van der Waals surface area contributed by atoms with Gasteiger partial charge in [0.25, 0.3) is 5.69 Å². The van der Waals surface area contributed by atoms with Crippen molar-refractivity contribution in [2.24, 2.45) is 0 Å². The Bertz CT molecular complexity index is 1110. The van der Waals surface area contributed by atoms with Gasteiger partial charge in [0.05, 0.1) is 24.7 Å². The van der Waals surface area contributed by atoms with E-state index in [0.29, 0.717) is 11.1 Å². The minimum Gasteiger partial charge on any atom is -0.493 e. The highest BCUT2D eigenvalue weighted by Gasteiger charge is 2.31. The van der Waals surface area contributed by atoms with Crippen LogP contribution in [0.2, 0.25) is 0 Å². The molecule has 8 heteroatoms. The summed E-state index contributed by atoms with van der Waals surface area (Å²) in [5, 5.41) is 11.6. The average Bonchev–Trinajstić information content (AvgIpc) is 2.83. The van der Waals surface area contributed by atoms with Crippen molar-refractivity contribution in [2.75, 3.05) is 13.7 Å². The molecule has 0 spiro atoms. The maximum absolute atomic E-state index is 13.1. The molecule has 164 valence electrons. The standard InChI is InChI=1S/C24H21NO7/c1-3-31-21-15-19(25(28)29)18(14-20(21)30-2)24(27)32-23(17-12-8-5-9-13-17)22(26)16-10-6-4-7-11-16/h4-15,23H,3H2,1-2H3. The number of carbonyl (C=O) groups excluding carboxylic acids is 2. The van der Waals surface area contributed by atoms with Crippen molar-refractivity contribution >= 4 is 17.4 Å². The molecule has 0 aliphatic carbocycles. The zero-order chi connectivity index (χ0) is 23.1. The van der Waals surface area contributed by atoms with Crippen LogP contribution in [0, 0.1) is 10.1 Å². The fraction of sp³-hybridized carbons (Fsp3) is 0.167. The predicted molar refractivity (Wildman–Crippen MR) is 116 cm³/mol. The summed E-state index contributed by atoms with van der Waals surface area (Å²) >= 11 is 0. The molecule has 1 atom stereocenters. The van der Waals surface area contributed by atoms with Gasteiger partial charge < -0.3 is 14.2 Å². The third-order valence-corrected chi connectivity index (χ3v) is 4.62. The van der Waals surface area contributed by atoms with Crippen LogP contribution in [0.3, 0.4) is 0 Å². The Kier molecular flexibility index (Phi) is 7.17. The third kappa shape index (κ3) is 4.92. The van der Waals surface area contributed by atoms with E-state index in [4.69, 9.17) is 14.2 Å². The van der Waals surface area contributed by atoms with Gasteiger partial charge in [0.2, 0.25) is 5.78 Å². The topological polar surface area (TPSA) is 105 Å². The zero-order valence-electron chi connectivity index (χ0n) is 17.5. The SMILES string of the molecule is CCOc1cc([N+](=O)[O-])c(C(=O)OC(C(=O)c2ccccc2)c2ccccc2)cc1OC. The number of hydrogen-bond donors (Lipinski definition) is 0. The summed E-state index contributed by atoms with van der Waals surface area (Å²) in [6.45, 7) is 1.96. The highest BCUT2D eigenvalue weighted by molar-refractivity contribution is 6.03. The molecule has 1 unspecified atom stereocenters. The number of esters is 1. The van der Waals surface area contributed by atoms with Gasteiger partial charge in [-0.3, -0.25) is 14.9 Å². The molecule has 0 saturated carbocycles. The number of carbonyl (C=O) groups is 2. The number of rotatable bonds is 9. The second-order valence-electron chi connectivity index (χ2n) is 6.64. The number of Topliss-reactive ketones (excluding diaryl/α,β-unsaturated/α-hetero) is 1. The summed E-state index contributed by atoms with van der Waals surface area (Å²) in [5.41, 5.74) is -0.0847. The van der Waals surface area contributed by atoms with E-state index < -0.39 is 28.5 Å². The Hall–Kier alpha value is -4.20. The minimum atomic E-state index is -1.29. The molecule has 0 aliphatic heterocycles. The molecular weight excluding hydrogens is 414 g/mol. The summed E-state index contributed by atoms with van der Waals surface area (Å²) in [6, 6.07) is 19.1. The van der Waals surface area contributed by atoms with Crippen molar-refractivity contribution in [2.45, 2.75) is 13.0 Å². The summed E-state index contributed by atoms with van der Waals surface area (Å²) < 4.78 is 16.1. The lowest BCUT2D eigenvalue weighted by Crippen LogP contribution is -2.21. The summed E-state index contributed by atoms with van der Waals surface area (Å²) in [7, 11) is 1.35. The van der Waals surface area contributed by atoms with Gasteiger partial charge >= 0.3 is 5.97 Å². The van der Waals surface area contributed by atoms with Crippen LogP contribution in [-0.2, 0) is 4.74 Å². The second-order valence-corrected chi connectivity index (χ2v) is 6.64. The molecule has 3 rings (SSSR count). The van der Waals surface area contributed by atoms with Crippen LogP contribution in [0.15, 0.2) is 72.8 Å². The van der Waals surface area contributed by atoms with E-state index in [-0.39, 0.29) is 23.7 Å². The molecule has 0 aromatic heterocycles. The summed E-state index contributed by atoms with van der Waals surface area (Å²) in [5.74, 6) is -1.23. The quantitative estimate of drug-likeness (QED) is 0.206. The second kappa shape index (κ2) is 10.2. The highest BCUT2D eigenvalue weighted by Crippen LogP contribution is 2.36. The van der Waals surface area contributed by atoms with Crippen molar-refractivity contribution in [3.63, 3.8) is 0 Å². The van der Waals surface area contributed by atoms with Crippen molar-refractivity contribution in [1.82, 2.24) is 0 Å². The normalized spacial score (nSPS) is 11.3. The molecule has 0 N–H and O–H groups in total. The summed E-state index contributed by atoms with van der Waals surface area (Å²) in [4.78, 5) is 37.1. The Morgan fingerprint density at radius 2 is 1.59 bits per heavy atom. The van der Waals surface area contributed by atoms with E-state index in [2.05, 4.69) is 0 Å². The summed E-state index contributed by atoms with van der Waals surface area (Å²) in [6.07, 6.45) is -1.29. The van der Waals surface area contributed by atoms with Gasteiger partial charge in [0.1, 0.15) is 5.56 Å². The van der Waals surface area contributed by atoms with E-state index in [1.807, 2.05) is 0 Å². The lowest BCUT2D eigenvalue weighted by Gasteiger charge is -2.18. The maximum Gasteiger partial charge on any atom is 0.346 e. The molecule has 0 radical (unpaired) electrons. The van der Waals surface area contributed by atoms with E-state index >= 15 is 0 Å². The van der Waals surface area contributed by atoms with Gasteiger partial charge in [-0.1, -0.05) is 60.7 Å². The molecule has 0 saturated heterocycles. The molecule has 3 aromatic carbocycles. The Morgan fingerprint density at radius 1 is 0.969 bits per heavy atom. The number of nitro benzene ring substituents is 1. The largest absolute Gasteiger partial charge is 0.493 e. The third-order valence-electron chi connectivity index (χ3n) is 4.62. The van der Waals surface area contributed by atoms with Crippen LogP contribution in [0.25, 0.3) is 0 Å². The molecule has 0 bridgehead atoms. The molecule has 32 heavy (non-hydrogen) atoms. The zero-order valence-corrected chi connectivity index (χ0v) is 17.5. The van der Waals surface area contributed by atoms with Gasteiger partial charge in [0, 0.05) is 17.2 Å². The van der Waals surface area contributed by atoms with E-state index in [1.54, 1.807) is 67.6 Å². The molecule has 0 amide bonds. The van der Waals surface area contributed by atoms with Crippen molar-refractivity contribution in [3.05, 3.63) is 99.6 Å². The fourth-order valence-electron chi connectivity index (χ4n) is 3.12. The average molecular weight is 435 g/mol. The predicted octanol–water partition coefficient (Wildman–Crippen LogP) is 4.78. The number of nitrogens with zero attached hydrogens (tertiary/aromatic N) is 1. The smallest absolute Gasteiger partial charge is 0.346 e. The number of hydrogen-bond acceptors (Lipinski definition) is 7. The number of methoxy groups -OCH3 is 1. The van der Waals surface area contributed by atoms with Crippen LogP contribution in [0.5, 0.6) is 11.5 Å². The number of nitro groups is 1. The van der Waals surface area contributed by atoms with E-state index in [1.165, 1.54) is 13.2 Å². The number of ether oxygens (including phenoxy) is 3. The van der Waals surface area contributed by atoms with Crippen molar-refractivity contribution < 1.29 is 28.7 Å². The van der Waals surface area contributed by atoms with Gasteiger partial charge in [0.15, 0.2) is 17.6 Å². The van der Waals surface area contributed by atoms with Crippen LogP contribution in [-0.4, -0.2) is 30.4 Å². The molecule has 3 aromatic rings. The molecule has 0 aliphatic rings. The number of benzene rings is 3. The molecule has 0 heterocycles. The number of ketones is 1. The fourth-order valence-corrected chi connectivity index (χ4v) is 3.12. The van der Waals surface area contributed by atoms with Crippen LogP contribution >= 0.6 is 0 Å². The Balaban J connectivity index is 2.03. The molecular formula is C24H21NO7. The Labute approximate surface area is 184 Å². The highest BCUT2D eigenvalue weighted by atomic mass is 16.6. The Morgan fingerprint density at radius 3 is 2.16 bits per heavy atom. The van der Waals surface area contributed by atoms with Gasteiger partial charge in [-0.2, -0.15) is 0 Å². The van der Waals surface area contributed by atoms with Gasteiger partial charge in [-0.15, -0.1) is 0 Å². The first-order valence-electron chi connectivity index (χ1n) is 9.80. The first-order valence-corrected chi connectivity index (χ1v) is 9.80. The van der Waals surface area contributed by atoms with Crippen molar-refractivity contribution in [1.29, 1.82) is 0 Å². The van der Waals surface area contributed by atoms with Crippen LogP contribution in [0.1, 0.15) is 39.3 Å². The maximum atomic E-state index is 13.1. The first kappa shape index (κ1) is 22.5. The first-order chi connectivity index (χ1) is 15.5. The lowest BCUT2D eigenvalue weighted by atomic mass is 9.99. The van der Waals surface area contributed by atoms with E-state index in [9.17, 15) is 19.7 Å². The van der Waals surface area contributed by atoms with Crippen molar-refractivity contribution in [3.8, 4) is 11.5 Å². The lowest BCUT2D eigenvalue weighted by molar-refractivity contribution is -0.385. The van der Waals surface area contributed by atoms with Crippen LogP contribution in [0.4, 0.5) is 5.69 Å². The van der Waals surface area contributed by atoms with E-state index in [0.717, 1.165) is 6.07 Å². The van der Waals surface area contributed by atoms with Gasteiger partial charge in [-0.05, 0) is 6.92 Å².